The second-order valence-corrected chi connectivity index (χ2v) is 2.98. The molecule has 1 heterocycles. The third kappa shape index (κ3) is 3.23. The zero-order valence-corrected chi connectivity index (χ0v) is 7.37. The lowest BCUT2D eigenvalue weighted by atomic mass is 10.3. The molecular weight excluding hydrogens is 170 g/mol. The molecule has 1 aromatic heterocycles. The Bertz CT molecular complexity index is 283. The molecule has 0 fully saturated rings. The minimum atomic E-state index is 0.539. The lowest BCUT2D eigenvalue weighted by molar-refractivity contribution is 0.996. The lowest BCUT2D eigenvalue weighted by Gasteiger charge is -1.83. The number of hydrogen-bond donors (Lipinski definition) is 0. The van der Waals surface area contributed by atoms with Gasteiger partial charge in [-0.05, 0) is 34.3 Å². The van der Waals surface area contributed by atoms with Gasteiger partial charge in [0.15, 0.2) is 0 Å². The molecular formula is C8H9N3S. The Hall–Kier alpha value is -1.25. The summed E-state index contributed by atoms with van der Waals surface area (Å²) in [6, 6.07) is 2.05. The SMILES string of the molecule is [N-]=[N+]=NCCC=Cc1ccsc1. The molecule has 3 nitrogen and oxygen atoms in total. The first kappa shape index (κ1) is 8.84. The maximum absolute atomic E-state index is 7.99. The third-order valence-electron chi connectivity index (χ3n) is 1.31. The van der Waals surface area contributed by atoms with Crippen LogP contribution in [0.4, 0.5) is 0 Å². The number of hydrogen-bond acceptors (Lipinski definition) is 2. The topological polar surface area (TPSA) is 48.8 Å². The first-order valence-electron chi connectivity index (χ1n) is 3.63. The van der Waals surface area contributed by atoms with Crippen LogP contribution in [0.3, 0.4) is 0 Å². The van der Waals surface area contributed by atoms with Crippen molar-refractivity contribution in [1.82, 2.24) is 0 Å². The van der Waals surface area contributed by atoms with Crippen LogP contribution in [-0.2, 0) is 0 Å². The molecule has 0 aliphatic rings. The van der Waals surface area contributed by atoms with Crippen LogP contribution in [0.2, 0.25) is 0 Å². The molecule has 0 N–H and O–H groups in total. The highest BCUT2D eigenvalue weighted by Crippen LogP contribution is 2.07. The van der Waals surface area contributed by atoms with Gasteiger partial charge in [0.2, 0.25) is 0 Å². The van der Waals surface area contributed by atoms with Crippen molar-refractivity contribution in [3.63, 3.8) is 0 Å². The summed E-state index contributed by atoms with van der Waals surface area (Å²) in [4.78, 5) is 2.66. The average molecular weight is 179 g/mol. The van der Waals surface area contributed by atoms with Crippen LogP contribution in [0, 0.1) is 0 Å². The summed E-state index contributed by atoms with van der Waals surface area (Å²) in [6.07, 6.45) is 4.85. The number of thiophene rings is 1. The van der Waals surface area contributed by atoms with Gasteiger partial charge in [-0.3, -0.25) is 0 Å². The molecule has 0 aliphatic heterocycles. The van der Waals surface area contributed by atoms with Crippen molar-refractivity contribution in [3.05, 3.63) is 38.9 Å². The van der Waals surface area contributed by atoms with Crippen LogP contribution in [0.25, 0.3) is 16.5 Å². The van der Waals surface area contributed by atoms with E-state index in [4.69, 9.17) is 5.53 Å². The van der Waals surface area contributed by atoms with E-state index in [9.17, 15) is 0 Å². The molecule has 1 aromatic rings. The van der Waals surface area contributed by atoms with Crippen molar-refractivity contribution in [1.29, 1.82) is 0 Å². The normalized spacial score (nSPS) is 10.0. The highest BCUT2D eigenvalue weighted by atomic mass is 32.1. The zero-order valence-electron chi connectivity index (χ0n) is 6.55. The van der Waals surface area contributed by atoms with Crippen molar-refractivity contribution >= 4 is 17.4 Å². The van der Waals surface area contributed by atoms with E-state index >= 15 is 0 Å². The molecule has 0 saturated carbocycles. The van der Waals surface area contributed by atoms with Gasteiger partial charge < -0.3 is 0 Å². The maximum atomic E-state index is 7.99. The minimum Gasteiger partial charge on any atom is -0.152 e. The van der Waals surface area contributed by atoms with E-state index in [1.165, 1.54) is 5.56 Å². The molecule has 0 aromatic carbocycles. The van der Waals surface area contributed by atoms with Gasteiger partial charge in [0.25, 0.3) is 0 Å². The van der Waals surface area contributed by atoms with Gasteiger partial charge in [0.1, 0.15) is 0 Å². The quantitative estimate of drug-likeness (QED) is 0.294. The smallest absolute Gasteiger partial charge is 0.0292 e. The van der Waals surface area contributed by atoms with Crippen LogP contribution >= 0.6 is 11.3 Å². The highest BCUT2D eigenvalue weighted by molar-refractivity contribution is 7.08. The average Bonchev–Trinajstić information content (AvgIpc) is 2.57. The predicted octanol–water partition coefficient (Wildman–Crippen LogP) is 3.46. The molecule has 0 bridgehead atoms. The van der Waals surface area contributed by atoms with Crippen LogP contribution < -0.4 is 0 Å². The van der Waals surface area contributed by atoms with Crippen molar-refractivity contribution in [3.8, 4) is 0 Å². The highest BCUT2D eigenvalue weighted by Gasteiger charge is 1.83. The fraction of sp³-hybridized carbons (Fsp3) is 0.250. The van der Waals surface area contributed by atoms with Gasteiger partial charge >= 0.3 is 0 Å². The maximum Gasteiger partial charge on any atom is 0.0292 e. The van der Waals surface area contributed by atoms with Crippen LogP contribution in [-0.4, -0.2) is 6.54 Å². The first-order chi connectivity index (χ1) is 5.93. The van der Waals surface area contributed by atoms with E-state index in [-0.39, 0.29) is 0 Å². The van der Waals surface area contributed by atoms with Crippen LogP contribution in [0.5, 0.6) is 0 Å². The standard InChI is InChI=1S/C8H9N3S/c9-11-10-5-2-1-3-8-4-6-12-7-8/h1,3-4,6-7H,2,5H2. The first-order valence-corrected chi connectivity index (χ1v) is 4.57. The fourth-order valence-corrected chi connectivity index (χ4v) is 1.39. The Morgan fingerprint density at radius 1 is 1.67 bits per heavy atom. The molecule has 1 rings (SSSR count). The Balaban J connectivity index is 2.27. The van der Waals surface area contributed by atoms with Crippen molar-refractivity contribution < 1.29 is 0 Å². The molecule has 0 saturated heterocycles. The molecule has 12 heavy (non-hydrogen) atoms. The van der Waals surface area contributed by atoms with Crippen LogP contribution in [0.1, 0.15) is 12.0 Å². The van der Waals surface area contributed by atoms with Crippen molar-refractivity contribution in [2.75, 3.05) is 6.54 Å². The molecule has 0 spiro atoms. The summed E-state index contributed by atoms with van der Waals surface area (Å²) in [6.45, 7) is 0.539. The largest absolute Gasteiger partial charge is 0.152 e. The van der Waals surface area contributed by atoms with E-state index in [2.05, 4.69) is 21.5 Å². The van der Waals surface area contributed by atoms with E-state index in [0.29, 0.717) is 6.54 Å². The van der Waals surface area contributed by atoms with Gasteiger partial charge in [-0.15, -0.1) is 0 Å². The van der Waals surface area contributed by atoms with Gasteiger partial charge in [0, 0.05) is 11.5 Å². The number of nitrogens with zero attached hydrogens (tertiary/aromatic N) is 3. The van der Waals surface area contributed by atoms with Gasteiger partial charge in [-0.1, -0.05) is 17.3 Å². The summed E-state index contributed by atoms with van der Waals surface area (Å²) in [5, 5.41) is 7.53. The Morgan fingerprint density at radius 2 is 2.58 bits per heavy atom. The lowest BCUT2D eigenvalue weighted by Crippen LogP contribution is -1.71. The van der Waals surface area contributed by atoms with Crippen molar-refractivity contribution in [2.45, 2.75) is 6.42 Å². The second kappa shape index (κ2) is 5.41. The molecule has 0 aliphatic carbocycles. The predicted molar refractivity (Wildman–Crippen MR) is 52.0 cm³/mol. The van der Waals surface area contributed by atoms with E-state index in [1.807, 2.05) is 17.5 Å². The summed E-state index contributed by atoms with van der Waals surface area (Å²) >= 11 is 1.67. The Labute approximate surface area is 75.0 Å². The zero-order chi connectivity index (χ0) is 8.65. The summed E-state index contributed by atoms with van der Waals surface area (Å²) in [5.41, 5.74) is 9.19. The molecule has 4 heteroatoms. The summed E-state index contributed by atoms with van der Waals surface area (Å²) in [7, 11) is 0. The number of rotatable bonds is 4. The van der Waals surface area contributed by atoms with E-state index in [1.54, 1.807) is 11.3 Å². The fourth-order valence-electron chi connectivity index (χ4n) is 0.766. The second-order valence-electron chi connectivity index (χ2n) is 2.20. The monoisotopic (exact) mass is 179 g/mol. The molecule has 0 unspecified atom stereocenters. The summed E-state index contributed by atoms with van der Waals surface area (Å²) in [5.74, 6) is 0. The van der Waals surface area contributed by atoms with Crippen molar-refractivity contribution in [2.24, 2.45) is 5.11 Å². The third-order valence-corrected chi connectivity index (χ3v) is 2.01. The Morgan fingerprint density at radius 3 is 3.25 bits per heavy atom. The Kier molecular flexibility index (Phi) is 3.98. The van der Waals surface area contributed by atoms with Gasteiger partial charge in [0.05, 0.1) is 0 Å². The number of azide groups is 1. The minimum absolute atomic E-state index is 0.539. The molecule has 62 valence electrons. The van der Waals surface area contributed by atoms with E-state index < -0.39 is 0 Å². The van der Waals surface area contributed by atoms with Gasteiger partial charge in [-0.2, -0.15) is 11.3 Å². The molecule has 0 atom stereocenters. The van der Waals surface area contributed by atoms with E-state index in [0.717, 1.165) is 6.42 Å². The van der Waals surface area contributed by atoms with Crippen LogP contribution in [0.15, 0.2) is 28.0 Å². The molecule has 0 radical (unpaired) electrons. The molecule has 0 amide bonds. The van der Waals surface area contributed by atoms with Gasteiger partial charge in [-0.25, -0.2) is 0 Å². The summed E-state index contributed by atoms with van der Waals surface area (Å²) < 4.78 is 0.